The molecular weight excluding hydrogens is 1180 g/mol. The molecule has 5 fully saturated rings. The maximum Gasteiger partial charge on any atom is 0.534 e. The highest BCUT2D eigenvalue weighted by Crippen LogP contribution is 2.34. The van der Waals surface area contributed by atoms with Crippen LogP contribution in [0.2, 0.25) is 0 Å². The minimum atomic E-state index is -1.07. The smallest absolute Gasteiger partial charge is 0.445 e. The van der Waals surface area contributed by atoms with Crippen molar-refractivity contribution in [2.75, 3.05) is 52.6 Å². The predicted molar refractivity (Wildman–Crippen MR) is 329 cm³/mol. The van der Waals surface area contributed by atoms with Crippen LogP contribution in [0.4, 0.5) is 24.0 Å². The highest BCUT2D eigenvalue weighted by molar-refractivity contribution is 6.01. The van der Waals surface area contributed by atoms with Crippen molar-refractivity contribution < 1.29 is 91.2 Å². The molecule has 0 unspecified atom stereocenters. The Morgan fingerprint density at radius 1 is 0.549 bits per heavy atom. The summed E-state index contributed by atoms with van der Waals surface area (Å²) in [5.74, 6) is -0.751. The van der Waals surface area contributed by atoms with Gasteiger partial charge in [-0.25, -0.2) is 24.0 Å². The Kier molecular flexibility index (Phi) is 27.2. The van der Waals surface area contributed by atoms with Crippen LogP contribution in [0.15, 0.2) is 121 Å². The molecule has 5 aliphatic heterocycles. The van der Waals surface area contributed by atoms with Crippen molar-refractivity contribution in [1.29, 1.82) is 0 Å². The first-order chi connectivity index (χ1) is 43.6. The third kappa shape index (κ3) is 23.4. The molecule has 5 heterocycles. The Bertz CT molecular complexity index is 2910. The van der Waals surface area contributed by atoms with Gasteiger partial charge in [-0.05, 0) is 80.5 Å². The molecule has 0 aromatic heterocycles. The molecule has 496 valence electrons. The fraction of sp³-hybridized carbons (Fsp3) is 0.537. The molecule has 0 spiro atoms. The van der Waals surface area contributed by atoms with Gasteiger partial charge in [0.05, 0.1) is 75.6 Å². The summed E-state index contributed by atoms with van der Waals surface area (Å²) in [5, 5.41) is 28.5. The van der Waals surface area contributed by atoms with Gasteiger partial charge in [0.15, 0.2) is 12.6 Å². The third-order valence-electron chi connectivity index (χ3n) is 15.1. The zero-order valence-electron chi connectivity index (χ0n) is 53.0. The monoisotopic (exact) mass is 1270 g/mol. The Balaban J connectivity index is 0.000000204. The number of aliphatic hydroxyl groups is 2. The average molecular weight is 1270 g/mol. The van der Waals surface area contributed by atoms with Gasteiger partial charge in [-0.1, -0.05) is 154 Å². The number of nitrogens with one attached hydrogen (secondary N) is 2. The Morgan fingerprint density at radius 2 is 0.934 bits per heavy atom. The van der Waals surface area contributed by atoms with Crippen molar-refractivity contribution in [2.24, 2.45) is 23.7 Å². The summed E-state index contributed by atoms with van der Waals surface area (Å²) in [6.45, 7) is 16.1. The van der Waals surface area contributed by atoms with E-state index in [0.717, 1.165) is 35.1 Å². The van der Waals surface area contributed by atoms with Crippen LogP contribution >= 0.6 is 0 Å². The van der Waals surface area contributed by atoms with Crippen LogP contribution in [0.1, 0.15) is 96.4 Å². The quantitative estimate of drug-likeness (QED) is 0.0307. The number of carbonyl (C=O) groups excluding carboxylic acids is 7. The first-order valence-electron chi connectivity index (χ1n) is 31.1. The maximum atomic E-state index is 13.0. The Morgan fingerprint density at radius 3 is 1.33 bits per heavy atom. The molecule has 24 nitrogen and oxygen atoms in total. The summed E-state index contributed by atoms with van der Waals surface area (Å²) in [4.78, 5) is 92.9. The predicted octanol–water partition coefficient (Wildman–Crippen LogP) is 8.48. The largest absolute Gasteiger partial charge is 0.534 e. The molecule has 10 atom stereocenters. The van der Waals surface area contributed by atoms with Gasteiger partial charge in [0.1, 0.15) is 31.0 Å². The lowest BCUT2D eigenvalue weighted by molar-refractivity contribution is -0.179. The molecular formula is C67H89N5O19. The second-order valence-corrected chi connectivity index (χ2v) is 24.8. The van der Waals surface area contributed by atoms with Crippen molar-refractivity contribution in [2.45, 2.75) is 155 Å². The van der Waals surface area contributed by atoms with Crippen molar-refractivity contribution >= 4 is 42.3 Å². The lowest BCUT2D eigenvalue weighted by Crippen LogP contribution is -2.52. The van der Waals surface area contributed by atoms with Crippen LogP contribution in [0.3, 0.4) is 0 Å². The van der Waals surface area contributed by atoms with E-state index in [0.29, 0.717) is 44.2 Å². The molecule has 0 bridgehead atoms. The van der Waals surface area contributed by atoms with E-state index < -0.39 is 84.4 Å². The molecule has 0 radical (unpaired) electrons. The van der Waals surface area contributed by atoms with Crippen molar-refractivity contribution in [3.8, 4) is 0 Å². The molecule has 6 amide bonds. The molecule has 91 heavy (non-hydrogen) atoms. The fourth-order valence-corrected chi connectivity index (χ4v) is 10.7. The van der Waals surface area contributed by atoms with Gasteiger partial charge >= 0.3 is 30.5 Å². The summed E-state index contributed by atoms with van der Waals surface area (Å²) in [5.41, 5.74) is 2.98. The number of ether oxygens (including phenoxy) is 9. The summed E-state index contributed by atoms with van der Waals surface area (Å²) in [7, 11) is 0. The summed E-state index contributed by atoms with van der Waals surface area (Å²) in [6, 6.07) is 36.7. The number of hydrogen-bond acceptors (Lipinski definition) is 19. The van der Waals surface area contributed by atoms with E-state index in [1.165, 1.54) is 9.80 Å². The normalized spacial score (nSPS) is 21.1. The molecule has 5 aliphatic rings. The number of aliphatic hydroxyl groups excluding tert-OH is 2. The van der Waals surface area contributed by atoms with Gasteiger partial charge in [0, 0.05) is 25.9 Å². The highest BCUT2D eigenvalue weighted by Gasteiger charge is 2.46. The van der Waals surface area contributed by atoms with Crippen LogP contribution in [0.25, 0.3) is 0 Å². The standard InChI is InChI=1S/C29H38N2O7.C27H38N2O5.C11H13NO7/c1-20(2)16-31(29(34)37-18-22-11-7-4-8-12-22)17-25(32)24(15-21-9-5-3-6-10-21)30-28(33)38-26-19-36-27-23(26)13-14-35-27;1-20(2)17-29(26(32)33-19-22-14-10-7-11-15-22)18-24(30)23(16-21-12-8-6-9-13-21)28-25(31)34-27(3,4)5;13-8-1-2-9(14)12(8)19-11(15)18-7-5-17-10-6(7)3-4-16-10/h3-12,20,23-27,32H,13-19H2,1-2H3,(H,30,33);6-15,20,23-24,30H,16-19H2,1-5H3,(H,28,31);6-7,10H,1-5H2/t23-,24-,25+,26-,27+;23-,24+;6-,7-,10+/m000/s1. The van der Waals surface area contributed by atoms with Gasteiger partial charge < -0.3 is 73.3 Å². The van der Waals surface area contributed by atoms with Crippen molar-refractivity contribution in [3.63, 3.8) is 0 Å². The molecule has 0 aliphatic carbocycles. The average Bonchev–Trinajstić information content (AvgIpc) is 1.76. The zero-order valence-corrected chi connectivity index (χ0v) is 53.0. The lowest BCUT2D eigenvalue weighted by Gasteiger charge is -2.31. The van der Waals surface area contributed by atoms with E-state index in [9.17, 15) is 43.8 Å². The van der Waals surface area contributed by atoms with Crippen LogP contribution in [-0.2, 0) is 83.1 Å². The molecule has 5 saturated heterocycles. The number of hydrogen-bond donors (Lipinski definition) is 4. The minimum absolute atomic E-state index is 0.00530. The highest BCUT2D eigenvalue weighted by atomic mass is 16.8. The second-order valence-electron chi connectivity index (χ2n) is 24.8. The number of nitrogens with zero attached hydrogens (tertiary/aromatic N) is 3. The number of benzene rings is 4. The summed E-state index contributed by atoms with van der Waals surface area (Å²) in [6.07, 6.45) is -4.60. The van der Waals surface area contributed by atoms with E-state index in [2.05, 4.69) is 15.5 Å². The molecule has 0 saturated carbocycles. The van der Waals surface area contributed by atoms with Crippen molar-refractivity contribution in [3.05, 3.63) is 144 Å². The molecule has 24 heteroatoms. The summed E-state index contributed by atoms with van der Waals surface area (Å²) < 4.78 is 48.8. The number of rotatable bonds is 23. The molecule has 4 aromatic rings. The first kappa shape index (κ1) is 70.6. The topological polar surface area (TPSA) is 286 Å². The number of fused-ring (bicyclic) bond motifs is 2. The number of hydroxylamine groups is 2. The molecule has 9 rings (SSSR count). The third-order valence-corrected chi connectivity index (χ3v) is 15.1. The zero-order chi connectivity index (χ0) is 65.5. The van der Waals surface area contributed by atoms with Gasteiger partial charge in [-0.3, -0.25) is 14.4 Å². The summed E-state index contributed by atoms with van der Waals surface area (Å²) >= 11 is 0. The van der Waals surface area contributed by atoms with Gasteiger partial charge in [-0.2, -0.15) is 0 Å². The lowest BCUT2D eigenvalue weighted by atomic mass is 10.0. The van der Waals surface area contributed by atoms with Crippen LogP contribution in [0, 0.1) is 23.7 Å². The SMILES string of the molecule is CC(C)CN(C[C@@H](O)[C@H](Cc1ccccc1)NC(=O)OC(C)(C)C)C(=O)OCc1ccccc1.CC(C)CN(C[C@@H](O)[C@H](Cc1ccccc1)NC(=O)O[C@H]1CO[C@H]2OCC[C@H]21)C(=O)OCc1ccccc1.O=C(O[C@H]1CO[C@H]2OCC[C@H]21)ON1C(=O)CCC1=O. The van der Waals surface area contributed by atoms with E-state index in [-0.39, 0.29) is 88.6 Å². The van der Waals surface area contributed by atoms with E-state index >= 15 is 0 Å². The minimum Gasteiger partial charge on any atom is -0.445 e. The van der Waals surface area contributed by atoms with E-state index in [1.807, 2.05) is 149 Å². The molecule has 4 aromatic carbocycles. The van der Waals surface area contributed by atoms with Crippen molar-refractivity contribution in [1.82, 2.24) is 25.5 Å². The van der Waals surface area contributed by atoms with Crippen LogP contribution < -0.4 is 10.6 Å². The number of amides is 6. The molecule has 4 N–H and O–H groups in total. The first-order valence-corrected chi connectivity index (χ1v) is 31.1. The van der Waals surface area contributed by atoms with Gasteiger partial charge in [0.2, 0.25) is 0 Å². The second kappa shape index (κ2) is 35.1. The van der Waals surface area contributed by atoms with E-state index in [1.54, 1.807) is 20.8 Å². The fourth-order valence-electron chi connectivity index (χ4n) is 10.7. The van der Waals surface area contributed by atoms with E-state index in [4.69, 9.17) is 42.6 Å². The maximum absolute atomic E-state index is 13.0. The number of alkyl carbamates (subject to hydrolysis) is 2. The Labute approximate surface area is 531 Å². The number of imide groups is 1. The number of carbonyl (C=O) groups is 7. The van der Waals surface area contributed by atoms with Crippen LogP contribution in [-0.4, -0.2) is 175 Å². The van der Waals surface area contributed by atoms with Gasteiger partial charge in [0.25, 0.3) is 11.8 Å². The van der Waals surface area contributed by atoms with Gasteiger partial charge in [-0.15, -0.1) is 0 Å². The Hall–Kier alpha value is -7.87. The van der Waals surface area contributed by atoms with Crippen LogP contribution in [0.5, 0.6) is 0 Å².